The average molecular weight is 239 g/mol. The van der Waals surface area contributed by atoms with Gasteiger partial charge in [-0.1, -0.05) is 0 Å². The van der Waals surface area contributed by atoms with Gasteiger partial charge in [0.25, 0.3) is 0 Å². The molecule has 6 heteroatoms. The lowest BCUT2D eigenvalue weighted by molar-refractivity contribution is 0.154. The number of ether oxygens (including phenoxy) is 1. The van der Waals surface area contributed by atoms with E-state index in [-0.39, 0.29) is 12.7 Å². The summed E-state index contributed by atoms with van der Waals surface area (Å²) in [6.45, 7) is 1.21. The summed E-state index contributed by atoms with van der Waals surface area (Å²) in [6.07, 6.45) is 1.63. The van der Waals surface area contributed by atoms with Crippen molar-refractivity contribution < 1.29 is 14.6 Å². The molecule has 0 aliphatic heterocycles. The van der Waals surface area contributed by atoms with Crippen molar-refractivity contribution in [3.8, 4) is 0 Å². The molecular weight excluding hydrogens is 222 g/mol. The molecular formula is C8H17NO3S2. The Kier molecular flexibility index (Phi) is 11.0. The van der Waals surface area contributed by atoms with Gasteiger partial charge in [0, 0.05) is 23.8 Å². The second-order valence-corrected chi connectivity index (χ2v) is 4.60. The van der Waals surface area contributed by atoms with Crippen LogP contribution in [0.2, 0.25) is 0 Å². The molecule has 0 aromatic heterocycles. The van der Waals surface area contributed by atoms with Gasteiger partial charge in [0.2, 0.25) is 0 Å². The third kappa shape index (κ3) is 10.0. The zero-order valence-corrected chi connectivity index (χ0v) is 9.96. The lowest BCUT2D eigenvalue weighted by Crippen LogP contribution is -2.27. The highest BCUT2D eigenvalue weighted by atomic mass is 32.2. The minimum atomic E-state index is -0.358. The molecule has 0 aliphatic rings. The first-order valence-corrected chi connectivity index (χ1v) is 6.94. The smallest absolute Gasteiger partial charge is 0.407 e. The molecule has 84 valence electrons. The fraction of sp³-hybridized carbons (Fsp3) is 0.875. The van der Waals surface area contributed by atoms with Crippen LogP contribution in [0.15, 0.2) is 0 Å². The number of aliphatic hydroxyl groups excluding tert-OH is 1. The van der Waals surface area contributed by atoms with Crippen molar-refractivity contribution in [2.24, 2.45) is 0 Å². The van der Waals surface area contributed by atoms with Gasteiger partial charge in [0.1, 0.15) is 6.61 Å². The van der Waals surface area contributed by atoms with Crippen LogP contribution in [0.1, 0.15) is 0 Å². The largest absolute Gasteiger partial charge is 0.449 e. The molecule has 0 atom stereocenters. The minimum Gasteiger partial charge on any atom is -0.449 e. The number of carbonyl (C=O) groups is 1. The zero-order chi connectivity index (χ0) is 10.6. The zero-order valence-electron chi connectivity index (χ0n) is 8.32. The van der Waals surface area contributed by atoms with Crippen LogP contribution >= 0.6 is 23.5 Å². The molecule has 4 nitrogen and oxygen atoms in total. The van der Waals surface area contributed by atoms with Crippen molar-refractivity contribution in [1.82, 2.24) is 5.32 Å². The van der Waals surface area contributed by atoms with E-state index >= 15 is 0 Å². The highest BCUT2D eigenvalue weighted by Crippen LogP contribution is 1.97. The first-order chi connectivity index (χ1) is 6.81. The molecule has 0 saturated carbocycles. The Morgan fingerprint density at radius 3 is 2.86 bits per heavy atom. The number of alkyl carbamates (subject to hydrolysis) is 1. The molecule has 14 heavy (non-hydrogen) atoms. The molecule has 0 aliphatic carbocycles. The second kappa shape index (κ2) is 11.0. The van der Waals surface area contributed by atoms with E-state index in [9.17, 15) is 4.79 Å². The van der Waals surface area contributed by atoms with E-state index in [1.165, 1.54) is 0 Å². The quantitative estimate of drug-likeness (QED) is 0.614. The molecule has 0 unspecified atom stereocenters. The van der Waals surface area contributed by atoms with Gasteiger partial charge in [-0.25, -0.2) is 4.79 Å². The average Bonchev–Trinajstić information content (AvgIpc) is 2.18. The van der Waals surface area contributed by atoms with E-state index in [2.05, 4.69) is 5.32 Å². The lowest BCUT2D eigenvalue weighted by Gasteiger charge is -2.05. The van der Waals surface area contributed by atoms with E-state index < -0.39 is 0 Å². The number of nitrogens with one attached hydrogen (secondary N) is 1. The molecule has 2 N–H and O–H groups in total. The summed E-state index contributed by atoms with van der Waals surface area (Å²) in [5, 5.41) is 11.1. The standard InChI is InChI=1S/C8H17NO3S2/c1-13-5-2-9-8(11)12-4-7-14-6-3-10/h10H,2-7H2,1H3,(H,9,11). The van der Waals surface area contributed by atoms with Gasteiger partial charge in [-0.05, 0) is 6.26 Å². The van der Waals surface area contributed by atoms with Crippen molar-refractivity contribution in [3.05, 3.63) is 0 Å². The topological polar surface area (TPSA) is 58.6 Å². The van der Waals surface area contributed by atoms with Crippen LogP contribution in [0.25, 0.3) is 0 Å². The molecule has 0 fully saturated rings. The summed E-state index contributed by atoms with van der Waals surface area (Å²) in [5.41, 5.74) is 0. The Labute approximate surface area is 93.2 Å². The van der Waals surface area contributed by atoms with Crippen LogP contribution in [0.4, 0.5) is 4.79 Å². The normalized spacial score (nSPS) is 9.86. The Bertz CT molecular complexity index is 147. The van der Waals surface area contributed by atoms with E-state index in [4.69, 9.17) is 9.84 Å². The third-order valence-electron chi connectivity index (χ3n) is 1.27. The Morgan fingerprint density at radius 2 is 2.21 bits per heavy atom. The van der Waals surface area contributed by atoms with Gasteiger partial charge in [0.05, 0.1) is 6.61 Å². The number of thioether (sulfide) groups is 2. The van der Waals surface area contributed by atoms with Crippen molar-refractivity contribution in [2.75, 3.05) is 43.3 Å². The summed E-state index contributed by atoms with van der Waals surface area (Å²) in [7, 11) is 0. The molecule has 0 bridgehead atoms. The predicted molar refractivity (Wildman–Crippen MR) is 62.1 cm³/mol. The molecule has 0 rings (SSSR count). The maximum Gasteiger partial charge on any atom is 0.407 e. The van der Waals surface area contributed by atoms with Gasteiger partial charge in [-0.15, -0.1) is 0 Å². The SMILES string of the molecule is CSCCNC(=O)OCCSCCO. The van der Waals surface area contributed by atoms with Crippen LogP contribution in [-0.2, 0) is 4.74 Å². The molecule has 0 saturated heterocycles. The van der Waals surface area contributed by atoms with Gasteiger partial charge in [-0.3, -0.25) is 0 Å². The van der Waals surface area contributed by atoms with E-state index in [0.717, 1.165) is 11.5 Å². The maximum absolute atomic E-state index is 10.9. The fourth-order valence-corrected chi connectivity index (χ4v) is 1.51. The van der Waals surface area contributed by atoms with Gasteiger partial charge in [0.15, 0.2) is 0 Å². The van der Waals surface area contributed by atoms with Crippen molar-refractivity contribution in [3.63, 3.8) is 0 Å². The highest BCUT2D eigenvalue weighted by molar-refractivity contribution is 7.99. The Hall–Kier alpha value is -0.0700. The lowest BCUT2D eigenvalue weighted by atomic mass is 10.7. The van der Waals surface area contributed by atoms with E-state index in [0.29, 0.717) is 18.9 Å². The summed E-state index contributed by atoms with van der Waals surface area (Å²) >= 11 is 3.24. The molecule has 0 aromatic carbocycles. The summed E-state index contributed by atoms with van der Waals surface area (Å²) in [5.74, 6) is 2.32. The summed E-state index contributed by atoms with van der Waals surface area (Å²) in [4.78, 5) is 10.9. The van der Waals surface area contributed by atoms with Gasteiger partial charge in [-0.2, -0.15) is 23.5 Å². The maximum atomic E-state index is 10.9. The van der Waals surface area contributed by atoms with Gasteiger partial charge < -0.3 is 15.2 Å². The fourth-order valence-electron chi connectivity index (χ4n) is 0.666. The predicted octanol–water partition coefficient (Wildman–Crippen LogP) is 0.801. The van der Waals surface area contributed by atoms with Crippen molar-refractivity contribution >= 4 is 29.6 Å². The van der Waals surface area contributed by atoms with Crippen molar-refractivity contribution in [2.45, 2.75) is 0 Å². The highest BCUT2D eigenvalue weighted by Gasteiger charge is 1.99. The molecule has 0 spiro atoms. The number of amides is 1. The minimum absolute atomic E-state index is 0.171. The van der Waals surface area contributed by atoms with Crippen LogP contribution < -0.4 is 5.32 Å². The van der Waals surface area contributed by atoms with Crippen LogP contribution in [0, 0.1) is 0 Å². The molecule has 0 aromatic rings. The summed E-state index contributed by atoms with van der Waals surface area (Å²) < 4.78 is 4.87. The third-order valence-corrected chi connectivity index (χ3v) is 2.81. The number of hydrogen-bond donors (Lipinski definition) is 2. The van der Waals surface area contributed by atoms with Crippen LogP contribution in [0.5, 0.6) is 0 Å². The number of aliphatic hydroxyl groups is 1. The van der Waals surface area contributed by atoms with E-state index in [1.807, 2.05) is 6.26 Å². The first kappa shape index (κ1) is 13.9. The van der Waals surface area contributed by atoms with Crippen molar-refractivity contribution in [1.29, 1.82) is 0 Å². The molecule has 0 heterocycles. The Morgan fingerprint density at radius 1 is 1.43 bits per heavy atom. The number of carbonyl (C=O) groups excluding carboxylic acids is 1. The second-order valence-electron chi connectivity index (χ2n) is 2.39. The monoisotopic (exact) mass is 239 g/mol. The van der Waals surface area contributed by atoms with Crippen LogP contribution in [-0.4, -0.2) is 54.5 Å². The Balaban J connectivity index is 3.10. The molecule has 0 radical (unpaired) electrons. The summed E-state index contributed by atoms with van der Waals surface area (Å²) in [6, 6.07) is 0. The molecule has 1 amide bonds. The number of hydrogen-bond acceptors (Lipinski definition) is 5. The van der Waals surface area contributed by atoms with E-state index in [1.54, 1.807) is 23.5 Å². The first-order valence-electron chi connectivity index (χ1n) is 4.39. The van der Waals surface area contributed by atoms with Crippen LogP contribution in [0.3, 0.4) is 0 Å². The van der Waals surface area contributed by atoms with Gasteiger partial charge >= 0.3 is 6.09 Å². The number of rotatable bonds is 8.